The monoisotopic (exact) mass is 167 g/mol. The fourth-order valence-corrected chi connectivity index (χ4v) is 1.06. The van der Waals surface area contributed by atoms with Crippen molar-refractivity contribution in [1.29, 1.82) is 0 Å². The molecule has 12 heavy (non-hydrogen) atoms. The summed E-state index contributed by atoms with van der Waals surface area (Å²) in [6.07, 6.45) is 1.25. The largest absolute Gasteiger partial charge is 0.330 e. The minimum absolute atomic E-state index is 0.330. The van der Waals surface area contributed by atoms with E-state index in [0.29, 0.717) is 30.4 Å². The highest BCUT2D eigenvalue weighted by molar-refractivity contribution is 5.77. The molecule has 0 radical (unpaired) electrons. The van der Waals surface area contributed by atoms with E-state index in [2.05, 4.69) is 0 Å². The van der Waals surface area contributed by atoms with Gasteiger partial charge in [-0.1, -0.05) is 0 Å². The molecule has 1 aromatic carbocycles. The lowest BCUT2D eigenvalue weighted by Crippen LogP contribution is -2.05. The predicted molar refractivity (Wildman–Crippen MR) is 44.5 cm³/mol. The maximum absolute atomic E-state index is 12.7. The lowest BCUT2D eigenvalue weighted by Gasteiger charge is -2.01. The molecule has 0 amide bonds. The van der Waals surface area contributed by atoms with Crippen LogP contribution in [0.3, 0.4) is 0 Å². The average Bonchev–Trinajstić information content (AvgIpc) is 2.05. The first kappa shape index (κ1) is 8.87. The Morgan fingerprint density at radius 3 is 2.83 bits per heavy atom. The van der Waals surface area contributed by atoms with Crippen LogP contribution in [0, 0.1) is 5.82 Å². The highest BCUT2D eigenvalue weighted by Gasteiger charge is 2.01. The molecular weight excluding hydrogens is 157 g/mol. The van der Waals surface area contributed by atoms with Gasteiger partial charge in [0, 0.05) is 5.56 Å². The predicted octanol–water partition coefficient (Wildman–Crippen LogP) is 1.14. The molecule has 0 aliphatic carbocycles. The molecule has 0 heterocycles. The van der Waals surface area contributed by atoms with Crippen LogP contribution in [-0.4, -0.2) is 12.8 Å². The van der Waals surface area contributed by atoms with Crippen LogP contribution in [0.2, 0.25) is 0 Å². The SMILES string of the molecule is NCCc1cc(F)ccc1C=O. The Hall–Kier alpha value is -1.22. The van der Waals surface area contributed by atoms with E-state index < -0.39 is 0 Å². The van der Waals surface area contributed by atoms with E-state index in [9.17, 15) is 9.18 Å². The molecule has 0 spiro atoms. The summed E-state index contributed by atoms with van der Waals surface area (Å²) in [6, 6.07) is 4.08. The zero-order valence-electron chi connectivity index (χ0n) is 6.59. The molecule has 64 valence electrons. The van der Waals surface area contributed by atoms with E-state index in [4.69, 9.17) is 5.73 Å². The van der Waals surface area contributed by atoms with Crippen LogP contribution in [0.4, 0.5) is 4.39 Å². The zero-order chi connectivity index (χ0) is 8.97. The van der Waals surface area contributed by atoms with E-state index in [1.165, 1.54) is 18.2 Å². The molecule has 0 atom stereocenters. The first-order chi connectivity index (χ1) is 5.77. The summed E-state index contributed by atoms with van der Waals surface area (Å²) in [5, 5.41) is 0. The van der Waals surface area contributed by atoms with Gasteiger partial charge in [0.2, 0.25) is 0 Å². The van der Waals surface area contributed by atoms with Crippen LogP contribution in [0.15, 0.2) is 18.2 Å². The summed E-state index contributed by atoms with van der Waals surface area (Å²) >= 11 is 0. The summed E-state index contributed by atoms with van der Waals surface area (Å²) in [6.45, 7) is 0.421. The van der Waals surface area contributed by atoms with Crippen LogP contribution in [0.5, 0.6) is 0 Å². The summed E-state index contributed by atoms with van der Waals surface area (Å²) in [5.41, 5.74) is 6.49. The Balaban J connectivity index is 3.03. The van der Waals surface area contributed by atoms with Gasteiger partial charge in [-0.25, -0.2) is 4.39 Å². The number of hydrogen-bond acceptors (Lipinski definition) is 2. The Labute approximate surface area is 70.2 Å². The number of hydrogen-bond donors (Lipinski definition) is 1. The quantitative estimate of drug-likeness (QED) is 0.686. The smallest absolute Gasteiger partial charge is 0.150 e. The molecule has 3 heteroatoms. The first-order valence-corrected chi connectivity index (χ1v) is 3.71. The standard InChI is InChI=1S/C9H10FNO/c10-9-2-1-8(6-12)7(5-9)3-4-11/h1-2,5-6H,3-4,11H2. The van der Waals surface area contributed by atoms with E-state index >= 15 is 0 Å². The maximum atomic E-state index is 12.7. The summed E-state index contributed by atoms with van der Waals surface area (Å²) in [5.74, 6) is -0.330. The summed E-state index contributed by atoms with van der Waals surface area (Å²) in [7, 11) is 0. The molecule has 2 nitrogen and oxygen atoms in total. The average molecular weight is 167 g/mol. The third-order valence-corrected chi connectivity index (χ3v) is 1.65. The van der Waals surface area contributed by atoms with Crippen molar-refractivity contribution in [3.63, 3.8) is 0 Å². The Morgan fingerprint density at radius 2 is 2.25 bits per heavy atom. The Kier molecular flexibility index (Phi) is 2.94. The topological polar surface area (TPSA) is 43.1 Å². The third kappa shape index (κ3) is 1.89. The fraction of sp³-hybridized carbons (Fsp3) is 0.222. The van der Waals surface area contributed by atoms with Crippen LogP contribution < -0.4 is 5.73 Å². The maximum Gasteiger partial charge on any atom is 0.150 e. The molecule has 0 aliphatic rings. The number of nitrogens with two attached hydrogens (primary N) is 1. The van der Waals surface area contributed by atoms with Crippen molar-refractivity contribution < 1.29 is 9.18 Å². The molecule has 0 unspecified atom stereocenters. The van der Waals surface area contributed by atoms with Crippen molar-refractivity contribution in [3.05, 3.63) is 35.1 Å². The van der Waals surface area contributed by atoms with Crippen molar-refractivity contribution in [2.75, 3.05) is 6.54 Å². The number of carbonyl (C=O) groups is 1. The van der Waals surface area contributed by atoms with Gasteiger partial charge in [-0.15, -0.1) is 0 Å². The molecule has 2 N–H and O–H groups in total. The Morgan fingerprint density at radius 1 is 1.50 bits per heavy atom. The number of halogens is 1. The fourth-order valence-electron chi connectivity index (χ4n) is 1.06. The number of aldehydes is 1. The minimum Gasteiger partial charge on any atom is -0.330 e. The van der Waals surface area contributed by atoms with Crippen LogP contribution in [0.1, 0.15) is 15.9 Å². The van der Waals surface area contributed by atoms with Gasteiger partial charge in [-0.2, -0.15) is 0 Å². The molecule has 0 fully saturated rings. The number of rotatable bonds is 3. The van der Waals surface area contributed by atoms with Crippen LogP contribution in [0.25, 0.3) is 0 Å². The normalized spacial score (nSPS) is 9.83. The van der Waals surface area contributed by atoms with Gasteiger partial charge in [-0.3, -0.25) is 4.79 Å². The van der Waals surface area contributed by atoms with Gasteiger partial charge in [0.15, 0.2) is 0 Å². The molecule has 0 aromatic heterocycles. The molecular formula is C9H10FNO. The van der Waals surface area contributed by atoms with E-state index in [1.54, 1.807) is 0 Å². The van der Waals surface area contributed by atoms with Gasteiger partial charge in [0.25, 0.3) is 0 Å². The summed E-state index contributed by atoms with van der Waals surface area (Å²) in [4.78, 5) is 10.5. The molecule has 1 aromatic rings. The minimum atomic E-state index is -0.330. The van der Waals surface area contributed by atoms with Crippen molar-refractivity contribution in [1.82, 2.24) is 0 Å². The van der Waals surface area contributed by atoms with Crippen LogP contribution >= 0.6 is 0 Å². The second-order valence-corrected chi connectivity index (χ2v) is 2.50. The van der Waals surface area contributed by atoms with Crippen molar-refractivity contribution in [2.24, 2.45) is 5.73 Å². The lowest BCUT2D eigenvalue weighted by molar-refractivity contribution is 0.112. The van der Waals surface area contributed by atoms with Crippen LogP contribution in [-0.2, 0) is 6.42 Å². The first-order valence-electron chi connectivity index (χ1n) is 3.71. The molecule has 0 saturated heterocycles. The third-order valence-electron chi connectivity index (χ3n) is 1.65. The highest BCUT2D eigenvalue weighted by atomic mass is 19.1. The molecule has 0 bridgehead atoms. The lowest BCUT2D eigenvalue weighted by atomic mass is 10.1. The summed E-state index contributed by atoms with van der Waals surface area (Å²) < 4.78 is 12.7. The van der Waals surface area contributed by atoms with Gasteiger partial charge < -0.3 is 5.73 Å². The van der Waals surface area contributed by atoms with Crippen molar-refractivity contribution in [2.45, 2.75) is 6.42 Å². The molecule has 0 aliphatic heterocycles. The van der Waals surface area contributed by atoms with Gasteiger partial charge in [0.05, 0.1) is 0 Å². The van der Waals surface area contributed by atoms with E-state index in [-0.39, 0.29) is 5.82 Å². The van der Waals surface area contributed by atoms with Gasteiger partial charge in [0.1, 0.15) is 12.1 Å². The molecule has 0 saturated carbocycles. The Bertz CT molecular complexity index is 286. The highest BCUT2D eigenvalue weighted by Crippen LogP contribution is 2.09. The second kappa shape index (κ2) is 3.97. The van der Waals surface area contributed by atoms with Crippen molar-refractivity contribution >= 4 is 6.29 Å². The van der Waals surface area contributed by atoms with Crippen molar-refractivity contribution in [3.8, 4) is 0 Å². The van der Waals surface area contributed by atoms with Gasteiger partial charge in [-0.05, 0) is 36.7 Å². The number of benzene rings is 1. The van der Waals surface area contributed by atoms with E-state index in [1.807, 2.05) is 0 Å². The molecule has 1 rings (SSSR count). The zero-order valence-corrected chi connectivity index (χ0v) is 6.59. The van der Waals surface area contributed by atoms with Gasteiger partial charge >= 0.3 is 0 Å². The second-order valence-electron chi connectivity index (χ2n) is 2.50. The number of carbonyl (C=O) groups excluding carboxylic acids is 1. The van der Waals surface area contributed by atoms with E-state index in [0.717, 1.165) is 0 Å².